The van der Waals surface area contributed by atoms with E-state index < -0.39 is 0 Å². The van der Waals surface area contributed by atoms with Crippen LogP contribution in [0.5, 0.6) is 0 Å². The number of rotatable bonds is 1. The van der Waals surface area contributed by atoms with Gasteiger partial charge in [-0.15, -0.1) is 0 Å². The summed E-state index contributed by atoms with van der Waals surface area (Å²) in [5.74, 6) is -0.275. The Labute approximate surface area is 75.1 Å². The summed E-state index contributed by atoms with van der Waals surface area (Å²) in [4.78, 5) is 7.88. The van der Waals surface area contributed by atoms with Crippen LogP contribution < -0.4 is 0 Å². The van der Waals surface area contributed by atoms with Crippen LogP contribution in [0.3, 0.4) is 0 Å². The fraction of sp³-hybridized carbons (Fsp3) is 0. The minimum Gasteiger partial charge on any atom is -0.261 e. The van der Waals surface area contributed by atoms with E-state index >= 15 is 0 Å². The smallest absolute Gasteiger partial charge is 0.132 e. The lowest BCUT2D eigenvalue weighted by Gasteiger charge is -1.99. The van der Waals surface area contributed by atoms with Gasteiger partial charge in [0, 0.05) is 18.0 Å². The number of benzene rings is 1. The minimum atomic E-state index is -0.275. The molecular formula is C10H7FN2. The largest absolute Gasteiger partial charge is 0.261 e. The molecule has 0 radical (unpaired) electrons. The zero-order chi connectivity index (χ0) is 9.10. The van der Waals surface area contributed by atoms with Gasteiger partial charge >= 0.3 is 0 Å². The fourth-order valence-corrected chi connectivity index (χ4v) is 1.11. The molecule has 0 N–H and O–H groups in total. The van der Waals surface area contributed by atoms with E-state index in [0.29, 0.717) is 11.3 Å². The van der Waals surface area contributed by atoms with Crippen molar-refractivity contribution in [2.24, 2.45) is 0 Å². The first kappa shape index (κ1) is 7.86. The molecular weight excluding hydrogens is 167 g/mol. The Morgan fingerprint density at radius 2 is 1.92 bits per heavy atom. The molecule has 0 fully saturated rings. The predicted octanol–water partition coefficient (Wildman–Crippen LogP) is 2.28. The maximum atomic E-state index is 13.2. The van der Waals surface area contributed by atoms with Crippen molar-refractivity contribution in [3.05, 3.63) is 48.7 Å². The Bertz CT molecular complexity index is 401. The van der Waals surface area contributed by atoms with Crippen LogP contribution in [0.15, 0.2) is 42.9 Å². The van der Waals surface area contributed by atoms with Crippen molar-refractivity contribution in [1.29, 1.82) is 0 Å². The molecule has 3 heteroatoms. The lowest BCUT2D eigenvalue weighted by Crippen LogP contribution is -1.87. The summed E-state index contributed by atoms with van der Waals surface area (Å²) in [5, 5.41) is 0. The van der Waals surface area contributed by atoms with Crippen molar-refractivity contribution < 1.29 is 4.39 Å². The molecule has 0 spiro atoms. The van der Waals surface area contributed by atoms with Crippen LogP contribution in [0.1, 0.15) is 0 Å². The summed E-state index contributed by atoms with van der Waals surface area (Å²) in [5.41, 5.74) is 1.04. The summed E-state index contributed by atoms with van der Waals surface area (Å²) in [6.07, 6.45) is 4.64. The van der Waals surface area contributed by atoms with Gasteiger partial charge in [0.1, 0.15) is 5.82 Å². The van der Waals surface area contributed by atoms with E-state index in [1.54, 1.807) is 36.8 Å². The second-order valence-electron chi connectivity index (χ2n) is 2.57. The van der Waals surface area contributed by atoms with Crippen molar-refractivity contribution in [1.82, 2.24) is 9.97 Å². The van der Waals surface area contributed by atoms with E-state index in [-0.39, 0.29) is 5.82 Å². The topological polar surface area (TPSA) is 25.8 Å². The highest BCUT2D eigenvalue weighted by molar-refractivity contribution is 5.58. The molecule has 13 heavy (non-hydrogen) atoms. The van der Waals surface area contributed by atoms with Gasteiger partial charge in [0.25, 0.3) is 0 Å². The second-order valence-corrected chi connectivity index (χ2v) is 2.57. The summed E-state index contributed by atoms with van der Waals surface area (Å²) in [7, 11) is 0. The molecule has 0 saturated heterocycles. The minimum absolute atomic E-state index is 0.275. The molecule has 0 unspecified atom stereocenters. The number of aromatic nitrogens is 2. The Morgan fingerprint density at radius 3 is 2.62 bits per heavy atom. The zero-order valence-corrected chi connectivity index (χ0v) is 6.81. The van der Waals surface area contributed by atoms with Crippen LogP contribution in [-0.2, 0) is 0 Å². The Hall–Kier alpha value is -1.77. The molecule has 1 heterocycles. The average molecular weight is 174 g/mol. The molecule has 1 aromatic heterocycles. The van der Waals surface area contributed by atoms with Crippen LogP contribution in [0, 0.1) is 5.82 Å². The van der Waals surface area contributed by atoms with E-state index in [4.69, 9.17) is 0 Å². The zero-order valence-electron chi connectivity index (χ0n) is 6.81. The Balaban J connectivity index is 2.54. The van der Waals surface area contributed by atoms with Gasteiger partial charge in [-0.05, 0) is 12.1 Å². The standard InChI is InChI=1S/C10H7FN2/c11-9-4-2-1-3-8(9)10-7-12-5-6-13-10/h1-7H. The predicted molar refractivity (Wildman–Crippen MR) is 47.4 cm³/mol. The maximum absolute atomic E-state index is 13.2. The first-order valence-corrected chi connectivity index (χ1v) is 3.89. The Morgan fingerprint density at radius 1 is 1.08 bits per heavy atom. The molecule has 2 rings (SSSR count). The van der Waals surface area contributed by atoms with Crippen molar-refractivity contribution in [3.8, 4) is 11.3 Å². The molecule has 0 saturated carbocycles. The van der Waals surface area contributed by atoms with Gasteiger partial charge in [0.2, 0.25) is 0 Å². The number of hydrogen-bond acceptors (Lipinski definition) is 2. The van der Waals surface area contributed by atoms with Crippen LogP contribution >= 0.6 is 0 Å². The number of hydrogen-bond donors (Lipinski definition) is 0. The third kappa shape index (κ3) is 1.54. The lowest BCUT2D eigenvalue weighted by molar-refractivity contribution is 0.630. The molecule has 2 nitrogen and oxygen atoms in total. The lowest BCUT2D eigenvalue weighted by atomic mass is 10.1. The van der Waals surface area contributed by atoms with Crippen molar-refractivity contribution in [2.75, 3.05) is 0 Å². The van der Waals surface area contributed by atoms with E-state index in [0.717, 1.165) is 0 Å². The highest BCUT2D eigenvalue weighted by Gasteiger charge is 2.03. The highest BCUT2D eigenvalue weighted by atomic mass is 19.1. The molecule has 0 amide bonds. The average Bonchev–Trinajstić information content (AvgIpc) is 2.20. The third-order valence-electron chi connectivity index (χ3n) is 1.71. The maximum Gasteiger partial charge on any atom is 0.132 e. The van der Waals surface area contributed by atoms with Gasteiger partial charge in [0.05, 0.1) is 11.9 Å². The van der Waals surface area contributed by atoms with E-state index in [2.05, 4.69) is 9.97 Å². The first-order chi connectivity index (χ1) is 6.38. The molecule has 0 bridgehead atoms. The molecule has 0 atom stereocenters. The quantitative estimate of drug-likeness (QED) is 0.662. The number of halogens is 1. The van der Waals surface area contributed by atoms with Crippen molar-refractivity contribution >= 4 is 0 Å². The monoisotopic (exact) mass is 174 g/mol. The van der Waals surface area contributed by atoms with Gasteiger partial charge in [-0.25, -0.2) is 4.39 Å². The van der Waals surface area contributed by atoms with Gasteiger partial charge in [-0.1, -0.05) is 12.1 Å². The van der Waals surface area contributed by atoms with E-state index in [1.807, 2.05) is 0 Å². The van der Waals surface area contributed by atoms with E-state index in [9.17, 15) is 4.39 Å². The van der Waals surface area contributed by atoms with Crippen LogP contribution in [-0.4, -0.2) is 9.97 Å². The highest BCUT2D eigenvalue weighted by Crippen LogP contribution is 2.18. The number of nitrogens with zero attached hydrogens (tertiary/aromatic N) is 2. The summed E-state index contributed by atoms with van der Waals surface area (Å²) in [6, 6.07) is 6.51. The first-order valence-electron chi connectivity index (χ1n) is 3.89. The van der Waals surface area contributed by atoms with Gasteiger partial charge in [-0.3, -0.25) is 9.97 Å². The summed E-state index contributed by atoms with van der Waals surface area (Å²) < 4.78 is 13.2. The second kappa shape index (κ2) is 3.31. The molecule has 0 aliphatic carbocycles. The Kier molecular flexibility index (Phi) is 2.00. The molecule has 0 aliphatic rings. The molecule has 2 aromatic rings. The SMILES string of the molecule is Fc1ccccc1-c1cnccn1. The van der Waals surface area contributed by atoms with Crippen LogP contribution in [0.25, 0.3) is 11.3 Å². The van der Waals surface area contributed by atoms with Crippen molar-refractivity contribution in [3.63, 3.8) is 0 Å². The molecule has 1 aromatic carbocycles. The van der Waals surface area contributed by atoms with Crippen LogP contribution in [0.2, 0.25) is 0 Å². The fourth-order valence-electron chi connectivity index (χ4n) is 1.11. The third-order valence-corrected chi connectivity index (χ3v) is 1.71. The normalized spacial score (nSPS) is 9.92. The summed E-state index contributed by atoms with van der Waals surface area (Å²) >= 11 is 0. The van der Waals surface area contributed by atoms with Crippen molar-refractivity contribution in [2.45, 2.75) is 0 Å². The molecule has 64 valence electrons. The van der Waals surface area contributed by atoms with Gasteiger partial charge in [-0.2, -0.15) is 0 Å². The molecule has 0 aliphatic heterocycles. The van der Waals surface area contributed by atoms with Gasteiger partial charge in [0.15, 0.2) is 0 Å². The van der Waals surface area contributed by atoms with Gasteiger partial charge < -0.3 is 0 Å². The summed E-state index contributed by atoms with van der Waals surface area (Å²) in [6.45, 7) is 0. The van der Waals surface area contributed by atoms with Crippen LogP contribution in [0.4, 0.5) is 4.39 Å². The van der Waals surface area contributed by atoms with E-state index in [1.165, 1.54) is 6.07 Å².